The number of thioether (sulfide) groups is 1. The number of amides is 3. The van der Waals surface area contributed by atoms with Gasteiger partial charge >= 0.3 is 6.03 Å². The Kier molecular flexibility index (Phi) is 6.73. The van der Waals surface area contributed by atoms with Gasteiger partial charge in [-0.3, -0.25) is 4.79 Å². The van der Waals surface area contributed by atoms with Gasteiger partial charge in [-0.1, -0.05) is 24.3 Å². The maximum absolute atomic E-state index is 12.3. The summed E-state index contributed by atoms with van der Waals surface area (Å²) in [5, 5.41) is 11.9. The van der Waals surface area contributed by atoms with Crippen LogP contribution in [-0.2, 0) is 4.79 Å². The third-order valence-electron chi connectivity index (χ3n) is 4.23. The van der Waals surface area contributed by atoms with Gasteiger partial charge in [0.05, 0.1) is 0 Å². The molecule has 1 heterocycles. The molecule has 6 nitrogen and oxygen atoms in total. The molecule has 1 atom stereocenters. The van der Waals surface area contributed by atoms with E-state index in [0.29, 0.717) is 23.5 Å². The maximum Gasteiger partial charge on any atom is 0.323 e. The van der Waals surface area contributed by atoms with Crippen molar-refractivity contribution >= 4 is 40.8 Å². The molecule has 3 amide bonds. The second-order valence-electron chi connectivity index (χ2n) is 6.45. The number of carbonyl (C=O) groups is 2. The number of urea groups is 1. The van der Waals surface area contributed by atoms with Crippen molar-refractivity contribution in [1.82, 2.24) is 5.32 Å². The Labute approximate surface area is 163 Å². The Bertz CT molecular complexity index is 792. The minimum atomic E-state index is -0.328. The summed E-state index contributed by atoms with van der Waals surface area (Å²) in [5.74, 6) is 2.02. The number of hydrogen-bond acceptors (Lipinski definition) is 4. The SMILES string of the molecule is Cc1ccc(NC(=O)Nc2ccccc2)cc1NC(=O)CC1CSCCN1. The van der Waals surface area contributed by atoms with Crippen molar-refractivity contribution in [2.45, 2.75) is 19.4 Å². The fourth-order valence-corrected chi connectivity index (χ4v) is 3.77. The van der Waals surface area contributed by atoms with Crippen molar-refractivity contribution in [2.24, 2.45) is 0 Å². The Morgan fingerprint density at radius 2 is 1.85 bits per heavy atom. The van der Waals surface area contributed by atoms with Crippen LogP contribution in [0.3, 0.4) is 0 Å². The summed E-state index contributed by atoms with van der Waals surface area (Å²) in [6, 6.07) is 14.6. The Hall–Kier alpha value is -2.51. The molecule has 7 heteroatoms. The molecule has 0 aromatic heterocycles. The standard InChI is InChI=1S/C20H24N4O2S/c1-14-7-8-16(23-20(26)22-15-5-3-2-4-6-15)11-18(14)24-19(25)12-17-13-27-10-9-21-17/h2-8,11,17,21H,9-10,12-13H2,1H3,(H,24,25)(H2,22,23,26). The quantitative estimate of drug-likeness (QED) is 0.634. The minimum absolute atomic E-state index is 0.0241. The highest BCUT2D eigenvalue weighted by atomic mass is 32.2. The third kappa shape index (κ3) is 6.01. The van der Waals surface area contributed by atoms with Gasteiger partial charge < -0.3 is 21.3 Å². The molecule has 2 aromatic rings. The maximum atomic E-state index is 12.3. The number of nitrogens with one attached hydrogen (secondary N) is 4. The molecule has 0 bridgehead atoms. The van der Waals surface area contributed by atoms with E-state index in [-0.39, 0.29) is 18.0 Å². The molecule has 1 aliphatic heterocycles. The predicted molar refractivity (Wildman–Crippen MR) is 113 cm³/mol. The van der Waals surface area contributed by atoms with Crippen molar-refractivity contribution in [3.05, 3.63) is 54.1 Å². The van der Waals surface area contributed by atoms with Crippen LogP contribution in [0.15, 0.2) is 48.5 Å². The van der Waals surface area contributed by atoms with Crippen LogP contribution in [0, 0.1) is 6.92 Å². The Balaban J connectivity index is 1.58. The van der Waals surface area contributed by atoms with E-state index in [1.807, 2.05) is 61.2 Å². The lowest BCUT2D eigenvalue weighted by Gasteiger charge is -2.22. The molecule has 27 heavy (non-hydrogen) atoms. The Morgan fingerprint density at radius 1 is 1.07 bits per heavy atom. The summed E-state index contributed by atoms with van der Waals surface area (Å²) in [6.07, 6.45) is 0.443. The molecule has 1 aliphatic rings. The van der Waals surface area contributed by atoms with Crippen LogP contribution in [0.2, 0.25) is 0 Å². The van der Waals surface area contributed by atoms with Crippen molar-refractivity contribution < 1.29 is 9.59 Å². The molecule has 4 N–H and O–H groups in total. The van der Waals surface area contributed by atoms with E-state index in [0.717, 1.165) is 23.6 Å². The summed E-state index contributed by atoms with van der Waals surface area (Å²) in [6.45, 7) is 2.87. The number of anilines is 3. The molecule has 0 aliphatic carbocycles. The Morgan fingerprint density at radius 3 is 2.59 bits per heavy atom. The molecule has 1 saturated heterocycles. The van der Waals surface area contributed by atoms with Gasteiger partial charge in [-0.15, -0.1) is 0 Å². The first kappa shape index (κ1) is 19.3. The monoisotopic (exact) mass is 384 g/mol. The first-order chi connectivity index (χ1) is 13.1. The van der Waals surface area contributed by atoms with Gasteiger partial charge in [0.25, 0.3) is 0 Å². The van der Waals surface area contributed by atoms with Gasteiger partial charge in [0.2, 0.25) is 5.91 Å². The van der Waals surface area contributed by atoms with E-state index in [9.17, 15) is 9.59 Å². The van der Waals surface area contributed by atoms with Crippen molar-refractivity contribution in [1.29, 1.82) is 0 Å². The highest BCUT2D eigenvalue weighted by Crippen LogP contribution is 2.21. The largest absolute Gasteiger partial charge is 0.326 e. The number of para-hydroxylation sites is 1. The highest BCUT2D eigenvalue weighted by molar-refractivity contribution is 7.99. The predicted octanol–water partition coefficient (Wildman–Crippen LogP) is 3.67. The summed E-state index contributed by atoms with van der Waals surface area (Å²) >= 11 is 1.87. The van der Waals surface area contributed by atoms with Crippen LogP contribution in [0.1, 0.15) is 12.0 Å². The van der Waals surface area contributed by atoms with Gasteiger partial charge in [-0.05, 0) is 36.8 Å². The van der Waals surface area contributed by atoms with Crippen molar-refractivity contribution in [2.75, 3.05) is 34.0 Å². The van der Waals surface area contributed by atoms with Crippen LogP contribution in [-0.4, -0.2) is 36.0 Å². The molecule has 0 saturated carbocycles. The van der Waals surface area contributed by atoms with Gasteiger partial charge in [-0.2, -0.15) is 11.8 Å². The number of rotatable bonds is 5. The average molecular weight is 385 g/mol. The van der Waals surface area contributed by atoms with Crippen LogP contribution in [0.4, 0.5) is 21.9 Å². The highest BCUT2D eigenvalue weighted by Gasteiger charge is 2.17. The summed E-state index contributed by atoms with van der Waals surface area (Å²) in [7, 11) is 0. The summed E-state index contributed by atoms with van der Waals surface area (Å²) in [4.78, 5) is 24.5. The average Bonchev–Trinajstić information content (AvgIpc) is 2.66. The number of hydrogen-bond donors (Lipinski definition) is 4. The minimum Gasteiger partial charge on any atom is -0.326 e. The van der Waals surface area contributed by atoms with Crippen LogP contribution in [0.25, 0.3) is 0 Å². The van der Waals surface area contributed by atoms with Gasteiger partial charge in [0, 0.05) is 47.6 Å². The van der Waals surface area contributed by atoms with Crippen LogP contribution in [0.5, 0.6) is 0 Å². The zero-order chi connectivity index (χ0) is 19.1. The fourth-order valence-electron chi connectivity index (χ4n) is 2.83. The van der Waals surface area contributed by atoms with Gasteiger partial charge in [0.1, 0.15) is 0 Å². The van der Waals surface area contributed by atoms with Crippen LogP contribution < -0.4 is 21.3 Å². The van der Waals surface area contributed by atoms with E-state index < -0.39 is 0 Å². The zero-order valence-corrected chi connectivity index (χ0v) is 16.1. The molecule has 0 spiro atoms. The van der Waals surface area contributed by atoms with Gasteiger partial charge in [0.15, 0.2) is 0 Å². The first-order valence-electron chi connectivity index (χ1n) is 8.95. The third-order valence-corrected chi connectivity index (χ3v) is 5.36. The van der Waals surface area contributed by atoms with E-state index in [2.05, 4.69) is 21.3 Å². The molecule has 1 fully saturated rings. The van der Waals surface area contributed by atoms with Crippen molar-refractivity contribution in [3.63, 3.8) is 0 Å². The normalized spacial score (nSPS) is 16.4. The number of benzene rings is 2. The lowest BCUT2D eigenvalue weighted by Crippen LogP contribution is -2.39. The van der Waals surface area contributed by atoms with Crippen molar-refractivity contribution in [3.8, 4) is 0 Å². The zero-order valence-electron chi connectivity index (χ0n) is 15.2. The molecule has 3 rings (SSSR count). The summed E-state index contributed by atoms with van der Waals surface area (Å²) in [5.41, 5.74) is 2.99. The topological polar surface area (TPSA) is 82.3 Å². The van der Waals surface area contributed by atoms with Crippen LogP contribution >= 0.6 is 11.8 Å². The smallest absolute Gasteiger partial charge is 0.323 e. The number of carbonyl (C=O) groups excluding carboxylic acids is 2. The molecule has 142 valence electrons. The molecule has 2 aromatic carbocycles. The lowest BCUT2D eigenvalue weighted by molar-refractivity contribution is -0.116. The molecule has 0 radical (unpaired) electrons. The molecular weight excluding hydrogens is 360 g/mol. The van der Waals surface area contributed by atoms with E-state index in [4.69, 9.17) is 0 Å². The second kappa shape index (κ2) is 9.43. The molecular formula is C20H24N4O2S. The second-order valence-corrected chi connectivity index (χ2v) is 7.60. The van der Waals surface area contributed by atoms with Gasteiger partial charge in [-0.25, -0.2) is 4.79 Å². The van der Waals surface area contributed by atoms with E-state index in [1.54, 1.807) is 6.07 Å². The summed E-state index contributed by atoms with van der Waals surface area (Å²) < 4.78 is 0. The first-order valence-corrected chi connectivity index (χ1v) is 10.1. The molecule has 1 unspecified atom stereocenters. The van der Waals surface area contributed by atoms with E-state index in [1.165, 1.54) is 0 Å². The lowest BCUT2D eigenvalue weighted by atomic mass is 10.1. The number of aryl methyl sites for hydroxylation is 1. The fraction of sp³-hybridized carbons (Fsp3) is 0.300. The van der Waals surface area contributed by atoms with E-state index >= 15 is 0 Å².